The van der Waals surface area contributed by atoms with Gasteiger partial charge in [0.05, 0.1) is 0 Å². The molecule has 2 amide bonds. The molecule has 3 nitrogen and oxygen atoms in total. The summed E-state index contributed by atoms with van der Waals surface area (Å²) in [5.74, 6) is 0. The van der Waals surface area contributed by atoms with Crippen molar-refractivity contribution in [3.8, 4) is 0 Å². The van der Waals surface area contributed by atoms with Crippen LogP contribution in [-0.2, 0) is 0 Å². The summed E-state index contributed by atoms with van der Waals surface area (Å²) < 4.78 is 0. The first kappa shape index (κ1) is 17.1. The summed E-state index contributed by atoms with van der Waals surface area (Å²) in [4.78, 5) is 11.8. The van der Waals surface area contributed by atoms with Crippen molar-refractivity contribution >= 4 is 6.03 Å². The van der Waals surface area contributed by atoms with Crippen molar-refractivity contribution in [3.63, 3.8) is 0 Å². The van der Waals surface area contributed by atoms with Gasteiger partial charge >= 0.3 is 6.03 Å². The van der Waals surface area contributed by atoms with Crippen molar-refractivity contribution < 1.29 is 4.79 Å². The third-order valence-electron chi connectivity index (χ3n) is 3.93. The molecule has 0 unspecified atom stereocenters. The molecule has 0 heterocycles. The van der Waals surface area contributed by atoms with Gasteiger partial charge in [0, 0.05) is 12.2 Å². The van der Waals surface area contributed by atoms with E-state index >= 15 is 0 Å². The minimum Gasteiger partial charge on any atom is -0.335 e. The van der Waals surface area contributed by atoms with Crippen LogP contribution in [0.3, 0.4) is 0 Å². The van der Waals surface area contributed by atoms with E-state index in [9.17, 15) is 4.79 Å². The Bertz CT molecular complexity index is 283. The number of carbonyl (C=O) groups is 1. The molecule has 0 aromatic rings. The number of amides is 2. The molecule has 0 atom stereocenters. The second-order valence-corrected chi connectivity index (χ2v) is 6.30. The summed E-state index contributed by atoms with van der Waals surface area (Å²) in [5.41, 5.74) is 1.11. The Morgan fingerprint density at radius 3 is 1.75 bits per heavy atom. The predicted molar refractivity (Wildman–Crippen MR) is 85.7 cm³/mol. The van der Waals surface area contributed by atoms with Crippen molar-refractivity contribution in [2.24, 2.45) is 0 Å². The molecule has 1 fully saturated rings. The van der Waals surface area contributed by atoms with Gasteiger partial charge in [-0.15, -0.1) is 0 Å². The van der Waals surface area contributed by atoms with E-state index in [-0.39, 0.29) is 6.03 Å². The molecule has 0 spiro atoms. The molecule has 20 heavy (non-hydrogen) atoms. The predicted octanol–water partition coefficient (Wildman–Crippen LogP) is 4.88. The minimum atomic E-state index is -0.0525. The van der Waals surface area contributed by atoms with Crippen molar-refractivity contribution in [2.45, 2.75) is 90.5 Å². The lowest BCUT2D eigenvalue weighted by molar-refractivity contribution is 0.237. The van der Waals surface area contributed by atoms with Gasteiger partial charge in [-0.05, 0) is 26.7 Å². The van der Waals surface area contributed by atoms with Gasteiger partial charge in [0.1, 0.15) is 0 Å². The zero-order valence-electron chi connectivity index (χ0n) is 13.3. The molecule has 0 aliphatic heterocycles. The molecule has 2 N–H and O–H groups in total. The maximum atomic E-state index is 11.8. The molecular formula is C17H32N2O. The first-order valence-corrected chi connectivity index (χ1v) is 8.39. The summed E-state index contributed by atoms with van der Waals surface area (Å²) in [7, 11) is 0. The lowest BCUT2D eigenvalue weighted by Crippen LogP contribution is -2.40. The van der Waals surface area contributed by atoms with Crippen LogP contribution >= 0.6 is 0 Å². The Morgan fingerprint density at radius 2 is 1.30 bits per heavy atom. The summed E-state index contributed by atoms with van der Waals surface area (Å²) >= 11 is 0. The highest BCUT2D eigenvalue weighted by molar-refractivity contribution is 5.75. The lowest BCUT2D eigenvalue weighted by atomic mass is 9.98. The Kier molecular flexibility index (Phi) is 9.18. The first-order chi connectivity index (χ1) is 9.68. The van der Waals surface area contributed by atoms with Gasteiger partial charge in [-0.2, -0.15) is 0 Å². The number of urea groups is 1. The van der Waals surface area contributed by atoms with Crippen LogP contribution in [0, 0.1) is 0 Å². The van der Waals surface area contributed by atoms with Gasteiger partial charge in [0.15, 0.2) is 0 Å². The number of carbonyl (C=O) groups excluding carboxylic acids is 1. The van der Waals surface area contributed by atoms with E-state index in [2.05, 4.69) is 10.6 Å². The fourth-order valence-corrected chi connectivity index (χ4v) is 2.74. The highest BCUT2D eigenvalue weighted by atomic mass is 16.2. The van der Waals surface area contributed by atoms with Crippen LogP contribution < -0.4 is 10.6 Å². The Morgan fingerprint density at radius 1 is 0.850 bits per heavy atom. The summed E-state index contributed by atoms with van der Waals surface area (Å²) in [6.45, 7) is 3.96. The van der Waals surface area contributed by atoms with E-state index < -0.39 is 0 Å². The standard InChI is InChI=1S/C17H32N2O/c1-15(2)14-18-17(20)19-16-12-10-8-6-4-3-5-7-9-11-13-16/h14,16H,3-13H2,1-2H3,(H2,18,19,20). The maximum Gasteiger partial charge on any atom is 0.318 e. The van der Waals surface area contributed by atoms with E-state index in [0.717, 1.165) is 18.4 Å². The summed E-state index contributed by atoms with van der Waals surface area (Å²) in [5, 5.41) is 5.94. The smallest absolute Gasteiger partial charge is 0.318 e. The highest BCUT2D eigenvalue weighted by Gasteiger charge is 2.11. The fraction of sp³-hybridized carbons (Fsp3) is 0.824. The number of hydrogen-bond donors (Lipinski definition) is 2. The van der Waals surface area contributed by atoms with Crippen LogP contribution in [-0.4, -0.2) is 12.1 Å². The number of allylic oxidation sites excluding steroid dienone is 1. The lowest BCUT2D eigenvalue weighted by Gasteiger charge is -2.19. The van der Waals surface area contributed by atoms with E-state index in [4.69, 9.17) is 0 Å². The zero-order chi connectivity index (χ0) is 14.6. The molecule has 116 valence electrons. The monoisotopic (exact) mass is 280 g/mol. The maximum absolute atomic E-state index is 11.8. The zero-order valence-corrected chi connectivity index (χ0v) is 13.3. The SMILES string of the molecule is CC(C)=CNC(=O)NC1CCCCCCCCCCC1. The fourth-order valence-electron chi connectivity index (χ4n) is 2.74. The highest BCUT2D eigenvalue weighted by Crippen LogP contribution is 2.16. The molecule has 1 rings (SSSR count). The number of hydrogen-bond acceptors (Lipinski definition) is 1. The number of nitrogens with one attached hydrogen (secondary N) is 2. The van der Waals surface area contributed by atoms with Crippen LogP contribution in [0.2, 0.25) is 0 Å². The average Bonchev–Trinajstić information content (AvgIpc) is 2.39. The first-order valence-electron chi connectivity index (χ1n) is 8.39. The molecule has 1 aliphatic rings. The molecule has 0 aromatic carbocycles. The molecule has 1 aliphatic carbocycles. The van der Waals surface area contributed by atoms with Crippen molar-refractivity contribution in [1.82, 2.24) is 10.6 Å². The topological polar surface area (TPSA) is 41.1 Å². The summed E-state index contributed by atoms with van der Waals surface area (Å²) in [6, 6.07) is 0.295. The molecule has 1 saturated carbocycles. The van der Waals surface area contributed by atoms with E-state index in [1.54, 1.807) is 6.20 Å². The Hall–Kier alpha value is -0.990. The van der Waals surface area contributed by atoms with E-state index in [1.165, 1.54) is 57.8 Å². The minimum absolute atomic E-state index is 0.0525. The van der Waals surface area contributed by atoms with Crippen molar-refractivity contribution in [2.75, 3.05) is 0 Å². The Labute approximate surface area is 124 Å². The second-order valence-electron chi connectivity index (χ2n) is 6.30. The quantitative estimate of drug-likeness (QED) is 0.743. The van der Waals surface area contributed by atoms with Crippen LogP contribution in [0.5, 0.6) is 0 Å². The molecule has 0 saturated heterocycles. The summed E-state index contributed by atoms with van der Waals surface area (Å²) in [6.07, 6.45) is 16.0. The second kappa shape index (κ2) is 10.8. The largest absolute Gasteiger partial charge is 0.335 e. The van der Waals surface area contributed by atoms with Crippen molar-refractivity contribution in [3.05, 3.63) is 11.8 Å². The Balaban J connectivity index is 2.34. The van der Waals surface area contributed by atoms with Crippen LogP contribution in [0.25, 0.3) is 0 Å². The van der Waals surface area contributed by atoms with Gasteiger partial charge in [-0.25, -0.2) is 4.79 Å². The molecular weight excluding hydrogens is 248 g/mol. The van der Waals surface area contributed by atoms with Gasteiger partial charge in [-0.3, -0.25) is 0 Å². The van der Waals surface area contributed by atoms with Crippen LogP contribution in [0.4, 0.5) is 4.79 Å². The average molecular weight is 280 g/mol. The van der Waals surface area contributed by atoms with E-state index in [1.807, 2.05) is 13.8 Å². The number of rotatable bonds is 2. The van der Waals surface area contributed by atoms with Crippen molar-refractivity contribution in [1.29, 1.82) is 0 Å². The van der Waals surface area contributed by atoms with Gasteiger partial charge in [-0.1, -0.05) is 63.4 Å². The van der Waals surface area contributed by atoms with Crippen LogP contribution in [0.1, 0.15) is 84.5 Å². The molecule has 0 bridgehead atoms. The van der Waals surface area contributed by atoms with Crippen LogP contribution in [0.15, 0.2) is 11.8 Å². The third-order valence-corrected chi connectivity index (χ3v) is 3.93. The molecule has 0 aromatic heterocycles. The van der Waals surface area contributed by atoms with Gasteiger partial charge in [0.25, 0.3) is 0 Å². The molecule has 3 heteroatoms. The van der Waals surface area contributed by atoms with E-state index in [0.29, 0.717) is 6.04 Å². The van der Waals surface area contributed by atoms with Gasteiger partial charge < -0.3 is 10.6 Å². The normalized spacial score (nSPS) is 19.3. The van der Waals surface area contributed by atoms with Gasteiger partial charge in [0.2, 0.25) is 0 Å². The molecule has 0 radical (unpaired) electrons. The third kappa shape index (κ3) is 9.00.